The van der Waals surface area contributed by atoms with Crippen molar-refractivity contribution in [3.63, 3.8) is 0 Å². The lowest BCUT2D eigenvalue weighted by molar-refractivity contribution is -0.140. The fourth-order valence-corrected chi connectivity index (χ4v) is 2.41. The minimum Gasteiger partial charge on any atom is -0.374 e. The second-order valence-corrected chi connectivity index (χ2v) is 5.32. The van der Waals surface area contributed by atoms with Crippen molar-refractivity contribution in [3.05, 3.63) is 0 Å². The number of alkyl halides is 3. The van der Waals surface area contributed by atoms with Gasteiger partial charge < -0.3 is 10.1 Å². The Morgan fingerprint density at radius 3 is 2.58 bits per heavy atom. The highest BCUT2D eigenvalue weighted by Gasteiger charge is 2.33. The zero-order chi connectivity index (χ0) is 14.5. The summed E-state index contributed by atoms with van der Waals surface area (Å²) in [6, 6.07) is 0.171. The number of halogens is 3. The van der Waals surface area contributed by atoms with Gasteiger partial charge in [-0.05, 0) is 26.8 Å². The molecule has 0 aliphatic carbocycles. The molecule has 2 atom stereocenters. The molecule has 1 aliphatic rings. The Hall–Kier alpha value is -0.330. The van der Waals surface area contributed by atoms with Gasteiger partial charge in [-0.3, -0.25) is 4.90 Å². The maximum absolute atomic E-state index is 12.3. The molecule has 6 heteroatoms. The van der Waals surface area contributed by atoms with E-state index in [1.165, 1.54) is 0 Å². The molecule has 1 heterocycles. The summed E-state index contributed by atoms with van der Waals surface area (Å²) in [6.07, 6.45) is -4.93. The highest BCUT2D eigenvalue weighted by molar-refractivity contribution is 4.84. The molecule has 1 rings (SSSR count). The summed E-state index contributed by atoms with van der Waals surface area (Å²) in [4.78, 5) is 2.26. The van der Waals surface area contributed by atoms with Crippen LogP contribution >= 0.6 is 0 Å². The zero-order valence-corrected chi connectivity index (χ0v) is 12.0. The van der Waals surface area contributed by atoms with Crippen molar-refractivity contribution in [1.82, 2.24) is 10.2 Å². The maximum Gasteiger partial charge on any atom is 0.389 e. The van der Waals surface area contributed by atoms with Crippen LogP contribution in [0.25, 0.3) is 0 Å². The lowest BCUT2D eigenvalue weighted by Gasteiger charge is -2.39. The smallest absolute Gasteiger partial charge is 0.374 e. The number of hydrogen-bond donors (Lipinski definition) is 1. The van der Waals surface area contributed by atoms with Crippen LogP contribution in [-0.4, -0.2) is 55.5 Å². The molecule has 0 bridgehead atoms. The topological polar surface area (TPSA) is 24.5 Å². The molecule has 0 aromatic rings. The van der Waals surface area contributed by atoms with E-state index in [0.717, 1.165) is 6.54 Å². The molecule has 0 saturated carbocycles. The second-order valence-electron chi connectivity index (χ2n) is 5.32. The standard InChI is InChI=1S/C13H25F3N2O/c1-4-17-11(5-6-13(14,15)16)12-9-18(10(2)3)7-8-19-12/h10-12,17H,4-9H2,1-3H3. The third kappa shape index (κ3) is 6.10. The normalized spacial score (nSPS) is 23.8. The predicted molar refractivity (Wildman–Crippen MR) is 69.2 cm³/mol. The van der Waals surface area contributed by atoms with Gasteiger partial charge in [-0.1, -0.05) is 6.92 Å². The summed E-state index contributed by atoms with van der Waals surface area (Å²) in [5.74, 6) is 0. The molecule has 3 nitrogen and oxygen atoms in total. The van der Waals surface area contributed by atoms with Gasteiger partial charge in [0, 0.05) is 31.6 Å². The van der Waals surface area contributed by atoms with E-state index >= 15 is 0 Å². The third-order valence-electron chi connectivity index (χ3n) is 3.51. The van der Waals surface area contributed by atoms with Crippen molar-refractivity contribution >= 4 is 0 Å². The van der Waals surface area contributed by atoms with Gasteiger partial charge in [0.1, 0.15) is 0 Å². The number of nitrogens with one attached hydrogen (secondary N) is 1. The highest BCUT2D eigenvalue weighted by atomic mass is 19.4. The molecule has 0 spiro atoms. The van der Waals surface area contributed by atoms with Gasteiger partial charge in [-0.2, -0.15) is 13.2 Å². The maximum atomic E-state index is 12.3. The van der Waals surface area contributed by atoms with Crippen LogP contribution < -0.4 is 5.32 Å². The minimum atomic E-state index is -4.10. The van der Waals surface area contributed by atoms with Gasteiger partial charge in [-0.25, -0.2) is 0 Å². The molecule has 0 aromatic carbocycles. The first-order valence-electron chi connectivity index (χ1n) is 6.99. The van der Waals surface area contributed by atoms with Crippen LogP contribution in [0.15, 0.2) is 0 Å². The Kier molecular flexibility index (Phi) is 6.56. The van der Waals surface area contributed by atoms with Gasteiger partial charge in [0.15, 0.2) is 0 Å². The van der Waals surface area contributed by atoms with E-state index in [1.54, 1.807) is 0 Å². The van der Waals surface area contributed by atoms with E-state index in [1.807, 2.05) is 6.92 Å². The molecule has 2 unspecified atom stereocenters. The van der Waals surface area contributed by atoms with Gasteiger partial charge in [0.2, 0.25) is 0 Å². The van der Waals surface area contributed by atoms with Gasteiger partial charge in [0.25, 0.3) is 0 Å². The number of rotatable bonds is 6. The average Bonchev–Trinajstić information content (AvgIpc) is 2.33. The van der Waals surface area contributed by atoms with Crippen molar-refractivity contribution in [1.29, 1.82) is 0 Å². The third-order valence-corrected chi connectivity index (χ3v) is 3.51. The summed E-state index contributed by atoms with van der Waals surface area (Å²) in [7, 11) is 0. The fraction of sp³-hybridized carbons (Fsp3) is 1.00. The second kappa shape index (κ2) is 7.45. The first-order chi connectivity index (χ1) is 8.83. The lowest BCUT2D eigenvalue weighted by atomic mass is 10.0. The molecule has 0 radical (unpaired) electrons. The van der Waals surface area contributed by atoms with E-state index in [-0.39, 0.29) is 18.6 Å². The Balaban J connectivity index is 2.54. The zero-order valence-electron chi connectivity index (χ0n) is 12.0. The van der Waals surface area contributed by atoms with Crippen molar-refractivity contribution in [2.75, 3.05) is 26.2 Å². The van der Waals surface area contributed by atoms with Crippen LogP contribution in [0, 0.1) is 0 Å². The van der Waals surface area contributed by atoms with Crippen molar-refractivity contribution < 1.29 is 17.9 Å². The number of morpholine rings is 1. The molecule has 1 saturated heterocycles. The van der Waals surface area contributed by atoms with Crippen LogP contribution in [-0.2, 0) is 4.74 Å². The lowest BCUT2D eigenvalue weighted by Crippen LogP contribution is -2.54. The van der Waals surface area contributed by atoms with Gasteiger partial charge >= 0.3 is 6.18 Å². The molecule has 1 fully saturated rings. The number of nitrogens with zero attached hydrogens (tertiary/aromatic N) is 1. The van der Waals surface area contributed by atoms with Crippen LogP contribution in [0.5, 0.6) is 0 Å². The minimum absolute atomic E-state index is 0.0773. The summed E-state index contributed by atoms with van der Waals surface area (Å²) in [5, 5.41) is 3.13. The van der Waals surface area contributed by atoms with E-state index in [0.29, 0.717) is 25.7 Å². The monoisotopic (exact) mass is 282 g/mol. The van der Waals surface area contributed by atoms with Crippen molar-refractivity contribution in [2.45, 2.75) is 58.0 Å². The van der Waals surface area contributed by atoms with E-state index < -0.39 is 12.6 Å². The first-order valence-corrected chi connectivity index (χ1v) is 6.99. The van der Waals surface area contributed by atoms with Crippen LogP contribution in [0.4, 0.5) is 13.2 Å². The predicted octanol–water partition coefficient (Wildman–Crippen LogP) is 2.42. The molecule has 1 aliphatic heterocycles. The van der Waals surface area contributed by atoms with Crippen LogP contribution in [0.3, 0.4) is 0 Å². The molecule has 1 N–H and O–H groups in total. The molecular weight excluding hydrogens is 257 g/mol. The molecule has 114 valence electrons. The van der Waals surface area contributed by atoms with E-state index in [9.17, 15) is 13.2 Å². The molecule has 0 amide bonds. The van der Waals surface area contributed by atoms with Gasteiger partial charge in [0.05, 0.1) is 12.7 Å². The average molecular weight is 282 g/mol. The van der Waals surface area contributed by atoms with E-state index in [2.05, 4.69) is 24.1 Å². The van der Waals surface area contributed by atoms with Crippen molar-refractivity contribution in [2.24, 2.45) is 0 Å². The Morgan fingerprint density at radius 1 is 1.37 bits per heavy atom. The molecular formula is C13H25F3N2O. The van der Waals surface area contributed by atoms with Crippen LogP contribution in [0.1, 0.15) is 33.6 Å². The summed E-state index contributed by atoms with van der Waals surface area (Å²) in [6.45, 7) is 8.91. The Morgan fingerprint density at radius 2 is 2.05 bits per heavy atom. The van der Waals surface area contributed by atoms with Crippen molar-refractivity contribution in [3.8, 4) is 0 Å². The summed E-state index contributed by atoms with van der Waals surface area (Å²) >= 11 is 0. The van der Waals surface area contributed by atoms with Gasteiger partial charge in [-0.15, -0.1) is 0 Å². The number of ether oxygens (including phenoxy) is 1. The first kappa shape index (κ1) is 16.7. The van der Waals surface area contributed by atoms with E-state index in [4.69, 9.17) is 4.74 Å². The summed E-state index contributed by atoms with van der Waals surface area (Å²) < 4.78 is 42.7. The number of likely N-dealkylation sites (N-methyl/N-ethyl adjacent to an activating group) is 1. The Bertz CT molecular complexity index is 259. The SMILES string of the molecule is CCNC(CCC(F)(F)F)C1CN(C(C)C)CCO1. The Labute approximate surface area is 113 Å². The number of hydrogen-bond acceptors (Lipinski definition) is 3. The highest BCUT2D eigenvalue weighted by Crippen LogP contribution is 2.24. The fourth-order valence-electron chi connectivity index (χ4n) is 2.41. The molecule has 0 aromatic heterocycles. The van der Waals surface area contributed by atoms with Crippen LogP contribution in [0.2, 0.25) is 0 Å². The quantitative estimate of drug-likeness (QED) is 0.809. The largest absolute Gasteiger partial charge is 0.389 e. The molecule has 19 heavy (non-hydrogen) atoms. The summed E-state index contributed by atoms with van der Waals surface area (Å²) in [5.41, 5.74) is 0.